The molecule has 0 spiro atoms. The van der Waals surface area contributed by atoms with Gasteiger partial charge in [-0.3, -0.25) is 0 Å². The van der Waals surface area contributed by atoms with Crippen LogP contribution in [-0.2, 0) is 4.79 Å². The molecule has 2 aromatic rings. The summed E-state index contributed by atoms with van der Waals surface area (Å²) in [6, 6.07) is 7.91. The summed E-state index contributed by atoms with van der Waals surface area (Å²) in [5.74, 6) is -1.13. The molecular formula is C13H14N2O3S. The highest BCUT2D eigenvalue weighted by Gasteiger charge is 2.39. The quantitative estimate of drug-likeness (QED) is 0.875. The largest absolute Gasteiger partial charge is 0.479 e. The van der Waals surface area contributed by atoms with Crippen molar-refractivity contribution in [1.29, 1.82) is 0 Å². The predicted molar refractivity (Wildman–Crippen MR) is 73.7 cm³/mol. The second-order valence-electron chi connectivity index (χ2n) is 4.79. The van der Waals surface area contributed by atoms with Gasteiger partial charge in [0.1, 0.15) is 0 Å². The van der Waals surface area contributed by atoms with Crippen LogP contribution in [0.2, 0.25) is 0 Å². The van der Waals surface area contributed by atoms with Gasteiger partial charge in [0, 0.05) is 25.9 Å². The summed E-state index contributed by atoms with van der Waals surface area (Å²) in [6.07, 6.45) is 0.469. The van der Waals surface area contributed by atoms with E-state index in [1.165, 1.54) is 0 Å². The minimum Gasteiger partial charge on any atom is -0.479 e. The molecule has 1 saturated heterocycles. The van der Waals surface area contributed by atoms with Crippen molar-refractivity contribution in [3.8, 4) is 0 Å². The molecule has 19 heavy (non-hydrogen) atoms. The first-order valence-corrected chi connectivity index (χ1v) is 6.96. The number of hydrogen-bond acceptors (Lipinski definition) is 5. The first kappa shape index (κ1) is 12.4. The van der Waals surface area contributed by atoms with Gasteiger partial charge in [-0.1, -0.05) is 23.5 Å². The number of carboxylic acid groups (broad SMARTS) is 1. The number of fused-ring (bicyclic) bond motifs is 1. The molecule has 5 nitrogen and oxygen atoms in total. The second kappa shape index (κ2) is 4.47. The van der Waals surface area contributed by atoms with E-state index < -0.39 is 11.6 Å². The maximum Gasteiger partial charge on any atom is 0.335 e. The number of carboxylic acids is 1. The van der Waals surface area contributed by atoms with Crippen molar-refractivity contribution in [2.75, 3.05) is 18.0 Å². The minimum atomic E-state index is -1.58. The lowest BCUT2D eigenvalue weighted by molar-refractivity contribution is -0.160. The second-order valence-corrected chi connectivity index (χ2v) is 5.80. The standard InChI is InChI=1S/C13H14N2O3S/c16-11(17)13(18)5-7-15(8-6-13)12-14-9-3-1-2-4-10(9)19-12/h1-4,18H,5-8H2,(H,16,17). The van der Waals surface area contributed by atoms with E-state index in [1.54, 1.807) is 11.3 Å². The van der Waals surface area contributed by atoms with E-state index in [-0.39, 0.29) is 12.8 Å². The van der Waals surface area contributed by atoms with Gasteiger partial charge < -0.3 is 15.1 Å². The summed E-state index contributed by atoms with van der Waals surface area (Å²) in [7, 11) is 0. The van der Waals surface area contributed by atoms with Crippen molar-refractivity contribution in [2.24, 2.45) is 0 Å². The summed E-state index contributed by atoms with van der Waals surface area (Å²) >= 11 is 1.60. The highest BCUT2D eigenvalue weighted by molar-refractivity contribution is 7.22. The Kier molecular flexibility index (Phi) is 2.91. The fourth-order valence-corrected chi connectivity index (χ4v) is 3.29. The summed E-state index contributed by atoms with van der Waals surface area (Å²) < 4.78 is 1.12. The summed E-state index contributed by atoms with van der Waals surface area (Å²) in [5.41, 5.74) is -0.616. The molecule has 3 rings (SSSR count). The van der Waals surface area contributed by atoms with Crippen LogP contribution in [-0.4, -0.2) is 39.9 Å². The number of para-hydroxylation sites is 1. The van der Waals surface area contributed by atoms with Crippen molar-refractivity contribution >= 4 is 32.7 Å². The van der Waals surface area contributed by atoms with E-state index in [4.69, 9.17) is 5.11 Å². The molecule has 1 aliphatic heterocycles. The van der Waals surface area contributed by atoms with Crippen LogP contribution in [0.5, 0.6) is 0 Å². The van der Waals surface area contributed by atoms with Crippen LogP contribution in [0.1, 0.15) is 12.8 Å². The molecule has 1 aliphatic rings. The van der Waals surface area contributed by atoms with Gasteiger partial charge in [-0.25, -0.2) is 9.78 Å². The lowest BCUT2D eigenvalue weighted by Gasteiger charge is -2.35. The molecule has 100 valence electrons. The van der Waals surface area contributed by atoms with E-state index in [9.17, 15) is 9.90 Å². The number of aliphatic carboxylic acids is 1. The van der Waals surface area contributed by atoms with Gasteiger partial charge in [0.15, 0.2) is 10.7 Å². The normalized spacial score (nSPS) is 18.7. The van der Waals surface area contributed by atoms with Gasteiger partial charge in [-0.2, -0.15) is 0 Å². The lowest BCUT2D eigenvalue weighted by Crippen LogP contribution is -2.49. The maximum absolute atomic E-state index is 11.0. The van der Waals surface area contributed by atoms with Crippen molar-refractivity contribution < 1.29 is 15.0 Å². The van der Waals surface area contributed by atoms with Gasteiger partial charge in [0.2, 0.25) is 0 Å². The van der Waals surface area contributed by atoms with Crippen LogP contribution in [0.15, 0.2) is 24.3 Å². The van der Waals surface area contributed by atoms with Crippen molar-refractivity contribution in [2.45, 2.75) is 18.4 Å². The number of aliphatic hydroxyl groups is 1. The Balaban J connectivity index is 1.80. The number of rotatable bonds is 2. The molecular weight excluding hydrogens is 264 g/mol. The first-order chi connectivity index (χ1) is 9.08. The summed E-state index contributed by atoms with van der Waals surface area (Å²) in [5, 5.41) is 19.8. The van der Waals surface area contributed by atoms with Gasteiger partial charge >= 0.3 is 5.97 Å². The molecule has 0 amide bonds. The number of thiazole rings is 1. The van der Waals surface area contributed by atoms with Crippen LogP contribution >= 0.6 is 11.3 Å². The molecule has 0 bridgehead atoms. The van der Waals surface area contributed by atoms with Crippen LogP contribution in [0, 0.1) is 0 Å². The third kappa shape index (κ3) is 2.17. The lowest BCUT2D eigenvalue weighted by atomic mass is 9.92. The van der Waals surface area contributed by atoms with Crippen molar-refractivity contribution in [3.05, 3.63) is 24.3 Å². The fourth-order valence-electron chi connectivity index (χ4n) is 2.28. The molecule has 1 aromatic heterocycles. The Morgan fingerprint density at radius 2 is 2.00 bits per heavy atom. The van der Waals surface area contributed by atoms with Crippen LogP contribution in [0.3, 0.4) is 0 Å². The zero-order valence-electron chi connectivity index (χ0n) is 10.2. The maximum atomic E-state index is 11.0. The number of hydrogen-bond donors (Lipinski definition) is 2. The fraction of sp³-hybridized carbons (Fsp3) is 0.385. The number of nitrogens with zero attached hydrogens (tertiary/aromatic N) is 2. The number of carbonyl (C=O) groups is 1. The Hall–Kier alpha value is -1.66. The van der Waals surface area contributed by atoms with Gasteiger partial charge in [0.25, 0.3) is 0 Å². The summed E-state index contributed by atoms with van der Waals surface area (Å²) in [6.45, 7) is 1.03. The molecule has 0 saturated carbocycles. The monoisotopic (exact) mass is 278 g/mol. The number of benzene rings is 1. The Morgan fingerprint density at radius 1 is 1.32 bits per heavy atom. The predicted octanol–water partition coefficient (Wildman–Crippen LogP) is 1.71. The number of piperidine rings is 1. The SMILES string of the molecule is O=C(O)C1(O)CCN(c2nc3ccccc3s2)CC1. The van der Waals surface area contributed by atoms with Gasteiger partial charge in [0.05, 0.1) is 10.2 Å². The molecule has 6 heteroatoms. The average Bonchev–Trinajstić information content (AvgIpc) is 2.83. The van der Waals surface area contributed by atoms with E-state index in [2.05, 4.69) is 4.98 Å². The summed E-state index contributed by atoms with van der Waals surface area (Å²) in [4.78, 5) is 17.6. The van der Waals surface area contributed by atoms with E-state index in [0.717, 1.165) is 15.3 Å². The highest BCUT2D eigenvalue weighted by Crippen LogP contribution is 2.32. The zero-order valence-corrected chi connectivity index (χ0v) is 11.1. The van der Waals surface area contributed by atoms with Crippen LogP contribution < -0.4 is 4.90 Å². The third-order valence-corrected chi connectivity index (χ3v) is 4.64. The Labute approximate surface area is 114 Å². The van der Waals surface area contributed by atoms with Crippen molar-refractivity contribution in [1.82, 2.24) is 4.98 Å². The first-order valence-electron chi connectivity index (χ1n) is 6.15. The molecule has 1 aromatic carbocycles. The molecule has 1 fully saturated rings. The molecule has 0 radical (unpaired) electrons. The number of anilines is 1. The van der Waals surface area contributed by atoms with E-state index in [0.29, 0.717) is 13.1 Å². The minimum absolute atomic E-state index is 0.234. The highest BCUT2D eigenvalue weighted by atomic mass is 32.1. The molecule has 0 unspecified atom stereocenters. The van der Waals surface area contributed by atoms with E-state index >= 15 is 0 Å². The Morgan fingerprint density at radius 3 is 2.63 bits per heavy atom. The number of aromatic nitrogens is 1. The topological polar surface area (TPSA) is 73.7 Å². The van der Waals surface area contributed by atoms with Crippen LogP contribution in [0.25, 0.3) is 10.2 Å². The van der Waals surface area contributed by atoms with Gasteiger partial charge in [-0.05, 0) is 12.1 Å². The molecule has 0 atom stereocenters. The van der Waals surface area contributed by atoms with Crippen molar-refractivity contribution in [3.63, 3.8) is 0 Å². The molecule has 2 heterocycles. The zero-order chi connectivity index (χ0) is 13.5. The van der Waals surface area contributed by atoms with Crippen LogP contribution in [0.4, 0.5) is 5.13 Å². The van der Waals surface area contributed by atoms with E-state index in [1.807, 2.05) is 29.2 Å². The van der Waals surface area contributed by atoms with Gasteiger partial charge in [-0.15, -0.1) is 0 Å². The average molecular weight is 278 g/mol. The Bertz CT molecular complexity index is 584. The molecule has 2 N–H and O–H groups in total. The molecule has 0 aliphatic carbocycles. The third-order valence-electron chi connectivity index (χ3n) is 3.54. The smallest absolute Gasteiger partial charge is 0.335 e.